The first-order valence-electron chi connectivity index (χ1n) is 8.95. The first-order valence-corrected chi connectivity index (χ1v) is 9.83. The van der Waals surface area contributed by atoms with E-state index in [9.17, 15) is 14.4 Å². The van der Waals surface area contributed by atoms with E-state index in [0.717, 1.165) is 11.1 Å². The Morgan fingerprint density at radius 3 is 2.46 bits per heavy atom. The molecule has 28 heavy (non-hydrogen) atoms. The summed E-state index contributed by atoms with van der Waals surface area (Å²) in [7, 11) is 0. The van der Waals surface area contributed by atoms with E-state index >= 15 is 0 Å². The number of aliphatic imine (C=N–C) groups is 1. The maximum Gasteiger partial charge on any atom is 0.260 e. The quantitative estimate of drug-likeness (QED) is 0.754. The highest BCUT2D eigenvalue weighted by Crippen LogP contribution is 2.27. The van der Waals surface area contributed by atoms with Gasteiger partial charge in [-0.25, -0.2) is 4.99 Å². The van der Waals surface area contributed by atoms with Gasteiger partial charge in [0, 0.05) is 18.7 Å². The van der Waals surface area contributed by atoms with E-state index in [1.165, 1.54) is 11.8 Å². The van der Waals surface area contributed by atoms with Gasteiger partial charge in [-0.2, -0.15) is 0 Å². The van der Waals surface area contributed by atoms with Crippen LogP contribution in [-0.2, 0) is 20.9 Å². The minimum atomic E-state index is -0.581. The van der Waals surface area contributed by atoms with Crippen LogP contribution in [0.3, 0.4) is 0 Å². The molecule has 2 N–H and O–H groups in total. The van der Waals surface area contributed by atoms with Crippen molar-refractivity contribution in [1.29, 1.82) is 0 Å². The van der Waals surface area contributed by atoms with E-state index < -0.39 is 5.25 Å². The minimum absolute atomic E-state index is 0.0238. The van der Waals surface area contributed by atoms with Gasteiger partial charge in [0.15, 0.2) is 0 Å². The molecule has 1 aliphatic rings. The van der Waals surface area contributed by atoms with Gasteiger partial charge >= 0.3 is 0 Å². The van der Waals surface area contributed by atoms with Crippen LogP contribution in [-0.4, -0.2) is 28.0 Å². The number of amides is 3. The Morgan fingerprint density at radius 2 is 1.75 bits per heavy atom. The maximum absolute atomic E-state index is 12.2. The van der Waals surface area contributed by atoms with Crippen LogP contribution < -0.4 is 10.6 Å². The van der Waals surface area contributed by atoms with Crippen LogP contribution in [0.4, 0.5) is 5.69 Å². The third-order valence-electron chi connectivity index (χ3n) is 4.14. The number of anilines is 1. The van der Waals surface area contributed by atoms with E-state index in [2.05, 4.69) is 15.6 Å². The summed E-state index contributed by atoms with van der Waals surface area (Å²) < 4.78 is 0. The van der Waals surface area contributed by atoms with Gasteiger partial charge in [0.25, 0.3) is 5.91 Å². The number of carbonyl (C=O) groups excluding carboxylic acids is 3. The fraction of sp³-hybridized carbons (Fsp3) is 0.238. The molecular formula is C21H21N3O3S. The lowest BCUT2D eigenvalue weighted by molar-refractivity contribution is -0.121. The molecule has 7 heteroatoms. The van der Waals surface area contributed by atoms with Gasteiger partial charge in [-0.3, -0.25) is 14.4 Å². The van der Waals surface area contributed by atoms with Crippen molar-refractivity contribution < 1.29 is 14.4 Å². The molecule has 0 radical (unpaired) electrons. The second-order valence-corrected chi connectivity index (χ2v) is 7.78. The highest BCUT2D eigenvalue weighted by molar-refractivity contribution is 8.15. The molecule has 1 atom stereocenters. The van der Waals surface area contributed by atoms with Crippen molar-refractivity contribution in [3.63, 3.8) is 0 Å². The second-order valence-electron chi connectivity index (χ2n) is 6.51. The number of aryl methyl sites for hydroxylation is 1. The number of hydrogen-bond donors (Lipinski definition) is 2. The van der Waals surface area contributed by atoms with Crippen molar-refractivity contribution in [2.24, 2.45) is 4.99 Å². The smallest absolute Gasteiger partial charge is 0.260 e. The summed E-state index contributed by atoms with van der Waals surface area (Å²) in [6, 6.07) is 17.0. The van der Waals surface area contributed by atoms with Gasteiger partial charge in [-0.05, 0) is 24.6 Å². The standard InChI is InChI=1S/C21H21N3O3S/c1-14-7-9-16(10-8-14)23-19(26)11-17-21(27)24-20(28-17)12-18(25)22-13-15-5-3-2-4-6-15/h2-10,17H,11-13H2,1H3,(H,22,25)(H,23,26)/t17-/m1/s1. The van der Waals surface area contributed by atoms with E-state index in [4.69, 9.17) is 0 Å². The van der Waals surface area contributed by atoms with E-state index in [1.54, 1.807) is 0 Å². The molecule has 0 bridgehead atoms. The zero-order valence-electron chi connectivity index (χ0n) is 15.5. The highest BCUT2D eigenvalue weighted by Gasteiger charge is 2.31. The Morgan fingerprint density at radius 1 is 1.04 bits per heavy atom. The number of hydrogen-bond acceptors (Lipinski definition) is 4. The van der Waals surface area contributed by atoms with Crippen LogP contribution in [0.2, 0.25) is 0 Å². The van der Waals surface area contributed by atoms with Crippen molar-refractivity contribution >= 4 is 40.2 Å². The Hall–Kier alpha value is -2.93. The zero-order valence-corrected chi connectivity index (χ0v) is 16.3. The first-order chi connectivity index (χ1) is 13.5. The molecule has 1 heterocycles. The highest BCUT2D eigenvalue weighted by atomic mass is 32.2. The lowest BCUT2D eigenvalue weighted by Gasteiger charge is -2.09. The molecule has 3 amide bonds. The third-order valence-corrected chi connectivity index (χ3v) is 5.30. The van der Waals surface area contributed by atoms with E-state index in [0.29, 0.717) is 17.3 Å². The molecule has 0 aromatic heterocycles. The molecule has 0 aliphatic carbocycles. The number of nitrogens with zero attached hydrogens (tertiary/aromatic N) is 1. The number of rotatable bonds is 7. The topological polar surface area (TPSA) is 87.6 Å². The Kier molecular flexibility index (Phi) is 6.60. The third kappa shape index (κ3) is 5.79. The van der Waals surface area contributed by atoms with Crippen molar-refractivity contribution in [2.45, 2.75) is 31.6 Å². The summed E-state index contributed by atoms with van der Waals surface area (Å²) in [6.45, 7) is 2.39. The van der Waals surface area contributed by atoms with Crippen LogP contribution >= 0.6 is 11.8 Å². The average molecular weight is 395 g/mol. The van der Waals surface area contributed by atoms with Crippen LogP contribution in [0, 0.1) is 6.92 Å². The minimum Gasteiger partial charge on any atom is -0.352 e. The predicted molar refractivity (Wildman–Crippen MR) is 111 cm³/mol. The van der Waals surface area contributed by atoms with Crippen molar-refractivity contribution in [3.05, 3.63) is 65.7 Å². The molecule has 2 aromatic carbocycles. The maximum atomic E-state index is 12.2. The number of benzene rings is 2. The van der Waals surface area contributed by atoms with Crippen molar-refractivity contribution in [1.82, 2.24) is 5.32 Å². The van der Waals surface area contributed by atoms with Crippen LogP contribution in [0.25, 0.3) is 0 Å². The van der Waals surface area contributed by atoms with Gasteiger partial charge in [0.2, 0.25) is 11.8 Å². The fourth-order valence-corrected chi connectivity index (χ4v) is 3.73. The molecule has 1 aliphatic heterocycles. The molecule has 0 saturated heterocycles. The molecule has 0 spiro atoms. The molecule has 6 nitrogen and oxygen atoms in total. The second kappa shape index (κ2) is 9.32. The lowest BCUT2D eigenvalue weighted by Crippen LogP contribution is -2.24. The lowest BCUT2D eigenvalue weighted by atomic mass is 10.2. The summed E-state index contributed by atoms with van der Waals surface area (Å²) in [5.74, 6) is -0.817. The number of thioether (sulfide) groups is 1. The van der Waals surface area contributed by atoms with Crippen LogP contribution in [0.5, 0.6) is 0 Å². The van der Waals surface area contributed by atoms with Crippen LogP contribution in [0.15, 0.2) is 59.6 Å². The van der Waals surface area contributed by atoms with Gasteiger partial charge in [-0.15, -0.1) is 0 Å². The molecule has 144 valence electrons. The van der Waals surface area contributed by atoms with Gasteiger partial charge < -0.3 is 10.6 Å². The van der Waals surface area contributed by atoms with Crippen molar-refractivity contribution in [3.8, 4) is 0 Å². The van der Waals surface area contributed by atoms with Gasteiger partial charge in [-0.1, -0.05) is 59.8 Å². The predicted octanol–water partition coefficient (Wildman–Crippen LogP) is 3.07. The molecule has 0 unspecified atom stereocenters. The monoisotopic (exact) mass is 395 g/mol. The zero-order chi connectivity index (χ0) is 19.9. The average Bonchev–Trinajstić information content (AvgIpc) is 3.01. The molecule has 2 aromatic rings. The Balaban J connectivity index is 1.44. The summed E-state index contributed by atoms with van der Waals surface area (Å²) >= 11 is 1.19. The first kappa shape index (κ1) is 19.8. The van der Waals surface area contributed by atoms with E-state index in [-0.39, 0.29) is 30.6 Å². The summed E-state index contributed by atoms with van der Waals surface area (Å²) in [5.41, 5.74) is 2.79. The molecular weight excluding hydrogens is 374 g/mol. The molecule has 0 fully saturated rings. The summed E-state index contributed by atoms with van der Waals surface area (Å²) in [6.07, 6.45) is 0.0648. The Labute approximate surface area is 167 Å². The van der Waals surface area contributed by atoms with Crippen molar-refractivity contribution in [2.75, 3.05) is 5.32 Å². The molecule has 0 saturated carbocycles. The number of carbonyl (C=O) groups is 3. The Bertz CT molecular complexity index is 895. The largest absolute Gasteiger partial charge is 0.352 e. The normalized spacial score (nSPS) is 15.8. The van der Waals surface area contributed by atoms with Gasteiger partial charge in [0.1, 0.15) is 5.25 Å². The van der Waals surface area contributed by atoms with E-state index in [1.807, 2.05) is 61.5 Å². The summed E-state index contributed by atoms with van der Waals surface area (Å²) in [5, 5.41) is 5.45. The fourth-order valence-electron chi connectivity index (χ4n) is 2.66. The summed E-state index contributed by atoms with van der Waals surface area (Å²) in [4.78, 5) is 40.3. The number of nitrogens with one attached hydrogen (secondary N) is 2. The SMILES string of the molecule is Cc1ccc(NC(=O)C[C@H]2SC(CC(=O)NCc3ccccc3)=NC2=O)cc1. The molecule has 3 rings (SSSR count). The van der Waals surface area contributed by atoms with Crippen LogP contribution in [0.1, 0.15) is 24.0 Å². The van der Waals surface area contributed by atoms with Gasteiger partial charge in [0.05, 0.1) is 11.5 Å².